The minimum atomic E-state index is -3.66. The van der Waals surface area contributed by atoms with Crippen LogP contribution in [-0.2, 0) is 16.4 Å². The van der Waals surface area contributed by atoms with Crippen molar-refractivity contribution in [3.05, 3.63) is 82.3 Å². The lowest BCUT2D eigenvalue weighted by Crippen LogP contribution is -2.29. The van der Waals surface area contributed by atoms with Gasteiger partial charge < -0.3 is 10.1 Å². The number of methoxy groups -OCH3 is 1. The van der Waals surface area contributed by atoms with E-state index < -0.39 is 10.0 Å². The standard InChI is InChI=1S/C22H19BrN2O4S/c1-29-21-11-6-16(14-19(21)23)22(26)24-17-7-9-18(10-8-17)30(27,28)25-13-12-15-4-2-3-5-20(15)25/h2-11,14H,12-13H2,1H3,(H,24,26). The van der Waals surface area contributed by atoms with Crippen LogP contribution in [0.25, 0.3) is 0 Å². The zero-order valence-corrected chi connectivity index (χ0v) is 18.5. The molecule has 0 bridgehead atoms. The highest BCUT2D eigenvalue weighted by Crippen LogP contribution is 2.33. The van der Waals surface area contributed by atoms with Crippen LogP contribution in [-0.4, -0.2) is 28.0 Å². The molecule has 0 atom stereocenters. The summed E-state index contributed by atoms with van der Waals surface area (Å²) in [5.41, 5.74) is 2.70. The zero-order chi connectivity index (χ0) is 21.3. The Balaban J connectivity index is 1.52. The number of anilines is 2. The van der Waals surface area contributed by atoms with Crippen LogP contribution in [0, 0.1) is 0 Å². The van der Waals surface area contributed by atoms with Crippen molar-refractivity contribution < 1.29 is 17.9 Å². The molecule has 8 heteroatoms. The largest absolute Gasteiger partial charge is 0.496 e. The second kappa shape index (κ2) is 8.12. The van der Waals surface area contributed by atoms with E-state index in [1.54, 1.807) is 37.4 Å². The molecule has 0 radical (unpaired) electrons. The van der Waals surface area contributed by atoms with Crippen molar-refractivity contribution in [3.63, 3.8) is 0 Å². The Bertz CT molecular complexity index is 1210. The predicted molar refractivity (Wildman–Crippen MR) is 120 cm³/mol. The predicted octanol–water partition coefficient (Wildman–Crippen LogP) is 4.46. The summed E-state index contributed by atoms with van der Waals surface area (Å²) in [6.45, 7) is 0.423. The Kier molecular flexibility index (Phi) is 5.53. The summed E-state index contributed by atoms with van der Waals surface area (Å²) >= 11 is 3.36. The van der Waals surface area contributed by atoms with Crippen molar-refractivity contribution in [2.24, 2.45) is 0 Å². The molecular weight excluding hydrogens is 468 g/mol. The van der Waals surface area contributed by atoms with Gasteiger partial charge in [0.25, 0.3) is 15.9 Å². The van der Waals surface area contributed by atoms with Gasteiger partial charge in [-0.25, -0.2) is 8.42 Å². The number of nitrogens with zero attached hydrogens (tertiary/aromatic N) is 1. The minimum Gasteiger partial charge on any atom is -0.496 e. The van der Waals surface area contributed by atoms with E-state index in [1.165, 1.54) is 16.4 Å². The van der Waals surface area contributed by atoms with E-state index in [0.29, 0.717) is 34.4 Å². The van der Waals surface area contributed by atoms with Crippen molar-refractivity contribution in [2.75, 3.05) is 23.3 Å². The summed E-state index contributed by atoms with van der Waals surface area (Å²) in [4.78, 5) is 12.7. The fourth-order valence-electron chi connectivity index (χ4n) is 3.41. The van der Waals surface area contributed by atoms with Crippen LogP contribution >= 0.6 is 15.9 Å². The first-order chi connectivity index (χ1) is 14.4. The third kappa shape index (κ3) is 3.80. The number of hydrogen-bond donors (Lipinski definition) is 1. The van der Waals surface area contributed by atoms with Gasteiger partial charge in [-0.15, -0.1) is 0 Å². The second-order valence-electron chi connectivity index (χ2n) is 6.78. The summed E-state index contributed by atoms with van der Waals surface area (Å²) in [5.74, 6) is 0.326. The quantitative estimate of drug-likeness (QED) is 0.577. The maximum Gasteiger partial charge on any atom is 0.264 e. The van der Waals surface area contributed by atoms with Crippen molar-refractivity contribution in [1.29, 1.82) is 0 Å². The van der Waals surface area contributed by atoms with Gasteiger partial charge in [-0.1, -0.05) is 18.2 Å². The molecule has 0 fully saturated rings. The molecule has 1 heterocycles. The number of carbonyl (C=O) groups excluding carboxylic acids is 1. The molecule has 4 rings (SSSR count). The Labute approximate surface area is 183 Å². The zero-order valence-electron chi connectivity index (χ0n) is 16.1. The van der Waals surface area contributed by atoms with E-state index in [4.69, 9.17) is 4.74 Å². The van der Waals surface area contributed by atoms with Gasteiger partial charge >= 0.3 is 0 Å². The van der Waals surface area contributed by atoms with E-state index in [-0.39, 0.29) is 10.8 Å². The topological polar surface area (TPSA) is 75.7 Å². The van der Waals surface area contributed by atoms with Gasteiger partial charge in [0, 0.05) is 17.8 Å². The smallest absolute Gasteiger partial charge is 0.264 e. The number of ether oxygens (including phenoxy) is 1. The van der Waals surface area contributed by atoms with Crippen molar-refractivity contribution in [2.45, 2.75) is 11.3 Å². The maximum absolute atomic E-state index is 13.1. The molecule has 1 N–H and O–H groups in total. The molecule has 1 aliphatic rings. The molecule has 0 saturated carbocycles. The molecule has 1 amide bonds. The van der Waals surface area contributed by atoms with Gasteiger partial charge in [0.1, 0.15) is 5.75 Å². The molecule has 3 aromatic rings. The number of para-hydroxylation sites is 1. The van der Waals surface area contributed by atoms with Gasteiger partial charge in [-0.3, -0.25) is 9.10 Å². The van der Waals surface area contributed by atoms with Crippen LogP contribution in [0.1, 0.15) is 15.9 Å². The molecular formula is C22H19BrN2O4S. The van der Waals surface area contributed by atoms with Crippen molar-refractivity contribution in [1.82, 2.24) is 0 Å². The van der Waals surface area contributed by atoms with Crippen molar-refractivity contribution >= 4 is 43.2 Å². The molecule has 0 aliphatic carbocycles. The monoisotopic (exact) mass is 486 g/mol. The van der Waals surface area contributed by atoms with Gasteiger partial charge in [0.15, 0.2) is 0 Å². The first kappa shape index (κ1) is 20.4. The fourth-order valence-corrected chi connectivity index (χ4v) is 5.45. The first-order valence-corrected chi connectivity index (χ1v) is 11.5. The minimum absolute atomic E-state index is 0.185. The van der Waals surface area contributed by atoms with Gasteiger partial charge in [0.05, 0.1) is 22.2 Å². The molecule has 0 spiro atoms. The number of hydrogen-bond acceptors (Lipinski definition) is 4. The Hall–Kier alpha value is -2.84. The third-order valence-electron chi connectivity index (χ3n) is 4.96. The molecule has 154 valence electrons. The Morgan fingerprint density at radius 2 is 1.80 bits per heavy atom. The average Bonchev–Trinajstić information content (AvgIpc) is 3.19. The lowest BCUT2D eigenvalue weighted by molar-refractivity contribution is 0.102. The summed E-state index contributed by atoms with van der Waals surface area (Å²) in [5, 5.41) is 2.78. The highest BCUT2D eigenvalue weighted by Gasteiger charge is 2.30. The van der Waals surface area contributed by atoms with Crippen LogP contribution in [0.15, 0.2) is 76.1 Å². The van der Waals surface area contributed by atoms with E-state index in [0.717, 1.165) is 11.3 Å². The lowest BCUT2D eigenvalue weighted by Gasteiger charge is -2.19. The van der Waals surface area contributed by atoms with E-state index in [1.807, 2.05) is 24.3 Å². The molecule has 6 nitrogen and oxygen atoms in total. The molecule has 0 aromatic heterocycles. The third-order valence-corrected chi connectivity index (χ3v) is 7.41. The van der Waals surface area contributed by atoms with Crippen LogP contribution < -0.4 is 14.4 Å². The number of halogens is 1. The lowest BCUT2D eigenvalue weighted by atomic mass is 10.2. The molecule has 0 saturated heterocycles. The van der Waals surface area contributed by atoms with E-state index in [2.05, 4.69) is 21.2 Å². The van der Waals surface area contributed by atoms with Crippen LogP contribution in [0.4, 0.5) is 11.4 Å². The highest BCUT2D eigenvalue weighted by molar-refractivity contribution is 9.10. The van der Waals surface area contributed by atoms with Gasteiger partial charge in [0.2, 0.25) is 0 Å². The fraction of sp³-hybridized carbons (Fsp3) is 0.136. The number of benzene rings is 3. The summed E-state index contributed by atoms with van der Waals surface area (Å²) in [7, 11) is -2.11. The van der Waals surface area contributed by atoms with Crippen molar-refractivity contribution in [3.8, 4) is 5.75 Å². The molecule has 0 unspecified atom stereocenters. The summed E-state index contributed by atoms with van der Waals surface area (Å²) in [6, 6.07) is 18.7. The van der Waals surface area contributed by atoms with E-state index >= 15 is 0 Å². The highest BCUT2D eigenvalue weighted by atomic mass is 79.9. The molecule has 3 aromatic carbocycles. The number of amides is 1. The SMILES string of the molecule is COc1ccc(C(=O)Nc2ccc(S(=O)(=O)N3CCc4ccccc43)cc2)cc1Br. The first-order valence-electron chi connectivity index (χ1n) is 9.26. The number of fused-ring (bicyclic) bond motifs is 1. The summed E-state index contributed by atoms with van der Waals surface area (Å²) in [6.07, 6.45) is 0.695. The maximum atomic E-state index is 13.1. The number of rotatable bonds is 5. The van der Waals surface area contributed by atoms with Crippen LogP contribution in [0.5, 0.6) is 5.75 Å². The Morgan fingerprint density at radius 1 is 1.07 bits per heavy atom. The Morgan fingerprint density at radius 3 is 2.50 bits per heavy atom. The number of carbonyl (C=O) groups is 1. The second-order valence-corrected chi connectivity index (χ2v) is 9.50. The normalized spacial score (nSPS) is 13.1. The molecule has 1 aliphatic heterocycles. The van der Waals surface area contributed by atoms with Gasteiger partial charge in [-0.05, 0) is 76.4 Å². The van der Waals surface area contributed by atoms with Crippen LogP contribution in [0.2, 0.25) is 0 Å². The van der Waals surface area contributed by atoms with Crippen LogP contribution in [0.3, 0.4) is 0 Å². The van der Waals surface area contributed by atoms with E-state index in [9.17, 15) is 13.2 Å². The molecule has 30 heavy (non-hydrogen) atoms. The summed E-state index contributed by atoms with van der Waals surface area (Å²) < 4.78 is 33.4. The number of nitrogens with one attached hydrogen (secondary N) is 1. The van der Waals surface area contributed by atoms with Gasteiger partial charge in [-0.2, -0.15) is 0 Å². The average molecular weight is 487 g/mol. The number of sulfonamides is 1.